The number of pyridine rings is 1. The van der Waals surface area contributed by atoms with E-state index in [0.29, 0.717) is 6.07 Å². The number of ether oxygens (including phenoxy) is 2. The van der Waals surface area contributed by atoms with Crippen LogP contribution in [0.2, 0.25) is 0 Å². The summed E-state index contributed by atoms with van der Waals surface area (Å²) in [6.45, 7) is 1.54. The van der Waals surface area contributed by atoms with Crippen LogP contribution in [0.5, 0.6) is 5.75 Å². The van der Waals surface area contributed by atoms with Gasteiger partial charge in [-0.25, -0.2) is 18.2 Å². The second-order valence-corrected chi connectivity index (χ2v) is 10.2. The highest BCUT2D eigenvalue weighted by Crippen LogP contribution is 2.27. The number of aromatic nitrogens is 4. The van der Waals surface area contributed by atoms with Crippen LogP contribution in [0, 0.1) is 0 Å². The average molecular weight is 557 g/mol. The van der Waals surface area contributed by atoms with Crippen molar-refractivity contribution < 1.29 is 40.7 Å². The Labute approximate surface area is 215 Å². The van der Waals surface area contributed by atoms with E-state index in [9.17, 15) is 31.2 Å². The number of hydrogen-bond donors (Lipinski definition) is 1. The molecule has 1 aromatic carbocycles. The number of nitrogens with zero attached hydrogens (tertiary/aromatic N) is 5. The third kappa shape index (κ3) is 6.76. The van der Waals surface area contributed by atoms with Crippen LogP contribution in [0.15, 0.2) is 41.4 Å². The van der Waals surface area contributed by atoms with Crippen LogP contribution < -0.4 is 15.0 Å². The Hall–Kier alpha value is -4.21. The third-order valence-corrected chi connectivity index (χ3v) is 6.04. The molecule has 0 saturated carbocycles. The summed E-state index contributed by atoms with van der Waals surface area (Å²) in [5, 5.41) is 6.92. The number of benzene rings is 1. The standard InChI is InChI=1S/C22H23F3N6O6S/c1-12(27-19(32)14-8-15(37-22(23,24)25)10-16(9-14)38(5,34)35)18-28-21(30(2)3)29-31(18)17-7-6-13(11-26-17)20(33)36-4/h6-12H,1-5H3,(H,27,32)/t12-/m0/s1. The fourth-order valence-electron chi connectivity index (χ4n) is 3.16. The lowest BCUT2D eigenvalue weighted by Gasteiger charge is -2.16. The number of nitrogens with one attached hydrogen (secondary N) is 1. The second kappa shape index (κ2) is 10.6. The van der Waals surface area contributed by atoms with Crippen LogP contribution in [0.3, 0.4) is 0 Å². The van der Waals surface area contributed by atoms with Crippen molar-refractivity contribution in [3.63, 3.8) is 0 Å². The molecule has 0 aliphatic rings. The quantitative estimate of drug-likeness (QED) is 0.410. The van der Waals surface area contributed by atoms with Crippen molar-refractivity contribution in [2.75, 3.05) is 32.4 Å². The Morgan fingerprint density at radius 3 is 2.34 bits per heavy atom. The van der Waals surface area contributed by atoms with Crippen LogP contribution in [-0.2, 0) is 14.6 Å². The van der Waals surface area contributed by atoms with E-state index >= 15 is 0 Å². The SMILES string of the molecule is COC(=O)c1ccc(-n2nc(N(C)C)nc2[C@H](C)NC(=O)c2cc(OC(F)(F)F)cc(S(C)(=O)=O)c2)nc1. The lowest BCUT2D eigenvalue weighted by molar-refractivity contribution is -0.274. The molecule has 0 saturated heterocycles. The van der Waals surface area contributed by atoms with Gasteiger partial charge in [0.2, 0.25) is 5.95 Å². The highest BCUT2D eigenvalue weighted by atomic mass is 32.2. The topological polar surface area (TPSA) is 146 Å². The monoisotopic (exact) mass is 556 g/mol. The maximum Gasteiger partial charge on any atom is 0.573 e. The van der Waals surface area contributed by atoms with E-state index in [2.05, 4.69) is 29.9 Å². The molecule has 0 unspecified atom stereocenters. The van der Waals surface area contributed by atoms with Crippen molar-refractivity contribution in [3.8, 4) is 11.6 Å². The number of rotatable bonds is 8. The van der Waals surface area contributed by atoms with Crippen LogP contribution >= 0.6 is 0 Å². The molecule has 0 bridgehead atoms. The van der Waals surface area contributed by atoms with Gasteiger partial charge in [0.15, 0.2) is 21.5 Å². The van der Waals surface area contributed by atoms with E-state index in [-0.39, 0.29) is 23.2 Å². The van der Waals surface area contributed by atoms with Gasteiger partial charge in [0.05, 0.1) is 23.6 Å². The minimum Gasteiger partial charge on any atom is -0.465 e. The highest BCUT2D eigenvalue weighted by Gasteiger charge is 2.32. The van der Waals surface area contributed by atoms with Crippen molar-refractivity contribution in [3.05, 3.63) is 53.5 Å². The maximum absolute atomic E-state index is 13.0. The smallest absolute Gasteiger partial charge is 0.465 e. The first-order valence-electron chi connectivity index (χ1n) is 10.7. The number of amides is 1. The molecule has 0 radical (unpaired) electrons. The van der Waals surface area contributed by atoms with E-state index in [0.717, 1.165) is 18.4 Å². The zero-order chi connectivity index (χ0) is 28.4. The van der Waals surface area contributed by atoms with Crippen molar-refractivity contribution in [2.45, 2.75) is 24.2 Å². The molecule has 38 heavy (non-hydrogen) atoms. The van der Waals surface area contributed by atoms with Crippen molar-refractivity contribution in [2.24, 2.45) is 0 Å². The summed E-state index contributed by atoms with van der Waals surface area (Å²) in [5.74, 6) is -1.68. The third-order valence-electron chi connectivity index (χ3n) is 4.95. The van der Waals surface area contributed by atoms with Gasteiger partial charge in [-0.1, -0.05) is 0 Å². The van der Waals surface area contributed by atoms with Crippen LogP contribution in [0.25, 0.3) is 5.82 Å². The molecule has 2 aromatic heterocycles. The molecule has 0 spiro atoms. The van der Waals surface area contributed by atoms with Gasteiger partial charge >= 0.3 is 12.3 Å². The van der Waals surface area contributed by atoms with Gasteiger partial charge in [0.25, 0.3) is 5.91 Å². The maximum atomic E-state index is 13.0. The molecule has 2 heterocycles. The number of esters is 1. The van der Waals surface area contributed by atoms with Gasteiger partial charge in [0.1, 0.15) is 5.75 Å². The molecule has 1 atom stereocenters. The van der Waals surface area contributed by atoms with Gasteiger partial charge < -0.3 is 19.7 Å². The molecule has 1 amide bonds. The molecule has 3 aromatic rings. The number of carbonyl (C=O) groups excluding carboxylic acids is 2. The van der Waals surface area contributed by atoms with Gasteiger partial charge in [-0.05, 0) is 37.3 Å². The summed E-state index contributed by atoms with van der Waals surface area (Å²) >= 11 is 0. The summed E-state index contributed by atoms with van der Waals surface area (Å²) in [4.78, 5) is 34.3. The number of halogens is 3. The average Bonchev–Trinajstić information content (AvgIpc) is 3.28. The van der Waals surface area contributed by atoms with Crippen molar-refractivity contribution in [1.82, 2.24) is 25.1 Å². The molecular formula is C22H23F3N6O6S. The zero-order valence-electron chi connectivity index (χ0n) is 20.8. The molecule has 1 N–H and O–H groups in total. The van der Waals surface area contributed by atoms with E-state index in [4.69, 9.17) is 0 Å². The predicted octanol–water partition coefficient (Wildman–Crippen LogP) is 2.31. The first-order valence-corrected chi connectivity index (χ1v) is 12.6. The lowest BCUT2D eigenvalue weighted by Crippen LogP contribution is -2.29. The van der Waals surface area contributed by atoms with E-state index in [1.807, 2.05) is 0 Å². The molecule has 3 rings (SSSR count). The molecule has 16 heteroatoms. The fraction of sp³-hybridized carbons (Fsp3) is 0.318. The summed E-state index contributed by atoms with van der Waals surface area (Å²) in [7, 11) is 0.607. The largest absolute Gasteiger partial charge is 0.573 e. The summed E-state index contributed by atoms with van der Waals surface area (Å²) in [6.07, 6.45) is -3.05. The summed E-state index contributed by atoms with van der Waals surface area (Å²) in [6, 6.07) is 4.43. The zero-order valence-corrected chi connectivity index (χ0v) is 21.6. The second-order valence-electron chi connectivity index (χ2n) is 8.18. The summed E-state index contributed by atoms with van der Waals surface area (Å²) in [5.41, 5.74) is -0.201. The van der Waals surface area contributed by atoms with E-state index in [1.165, 1.54) is 37.0 Å². The number of methoxy groups -OCH3 is 1. The van der Waals surface area contributed by atoms with Crippen molar-refractivity contribution >= 4 is 27.7 Å². The Morgan fingerprint density at radius 2 is 1.82 bits per heavy atom. The first-order chi connectivity index (χ1) is 17.6. The van der Waals surface area contributed by atoms with E-state index < -0.39 is 50.3 Å². The summed E-state index contributed by atoms with van der Waals surface area (Å²) < 4.78 is 72.1. The Bertz CT molecular complexity index is 1460. The minimum atomic E-state index is -5.10. The minimum absolute atomic E-state index is 0.186. The fourth-order valence-corrected chi connectivity index (χ4v) is 3.83. The number of anilines is 1. The number of sulfone groups is 1. The molecule has 0 aliphatic carbocycles. The molecule has 0 aliphatic heterocycles. The van der Waals surface area contributed by atoms with E-state index in [1.54, 1.807) is 19.0 Å². The molecular weight excluding hydrogens is 533 g/mol. The van der Waals surface area contributed by atoms with Gasteiger partial charge in [-0.2, -0.15) is 9.67 Å². The van der Waals surface area contributed by atoms with Gasteiger partial charge in [-0.15, -0.1) is 18.3 Å². The first kappa shape index (κ1) is 28.4. The van der Waals surface area contributed by atoms with Gasteiger partial charge in [-0.3, -0.25) is 4.79 Å². The Balaban J connectivity index is 1.97. The van der Waals surface area contributed by atoms with Crippen LogP contribution in [0.1, 0.15) is 39.5 Å². The van der Waals surface area contributed by atoms with Crippen molar-refractivity contribution in [1.29, 1.82) is 0 Å². The predicted molar refractivity (Wildman–Crippen MR) is 127 cm³/mol. The van der Waals surface area contributed by atoms with Gasteiger partial charge in [0, 0.05) is 32.1 Å². The highest BCUT2D eigenvalue weighted by molar-refractivity contribution is 7.90. The Morgan fingerprint density at radius 1 is 1.13 bits per heavy atom. The van der Waals surface area contributed by atoms with Crippen LogP contribution in [0.4, 0.5) is 19.1 Å². The number of alkyl halides is 3. The lowest BCUT2D eigenvalue weighted by atomic mass is 10.2. The normalized spacial score (nSPS) is 12.5. The number of hydrogen-bond acceptors (Lipinski definition) is 10. The van der Waals surface area contributed by atoms with Crippen LogP contribution in [-0.4, -0.2) is 73.9 Å². The molecule has 12 nitrogen and oxygen atoms in total. The molecule has 0 fully saturated rings. The number of carbonyl (C=O) groups is 2. The molecule has 204 valence electrons. The Kier molecular flexibility index (Phi) is 7.95.